The van der Waals surface area contributed by atoms with Crippen LogP contribution in [0.15, 0.2) is 0 Å². The second-order valence-corrected chi connectivity index (χ2v) is 4.36. The van der Waals surface area contributed by atoms with Gasteiger partial charge in [-0.25, -0.2) is 0 Å². The Kier molecular flexibility index (Phi) is 5.72. The maximum atomic E-state index is 10.5. The van der Waals surface area contributed by atoms with E-state index in [2.05, 4.69) is 20.8 Å². The van der Waals surface area contributed by atoms with Gasteiger partial charge in [-0.05, 0) is 26.3 Å². The SMILES string of the molecule is CC(C)CC(C)N(C)CC(N)C(=O)O. The zero-order chi connectivity index (χ0) is 11.3. The van der Waals surface area contributed by atoms with E-state index < -0.39 is 12.0 Å². The molecule has 0 saturated heterocycles. The first-order chi connectivity index (χ1) is 6.34. The van der Waals surface area contributed by atoms with E-state index in [-0.39, 0.29) is 0 Å². The van der Waals surface area contributed by atoms with Crippen molar-refractivity contribution in [2.24, 2.45) is 11.7 Å². The van der Waals surface area contributed by atoms with Crippen LogP contribution in [0.3, 0.4) is 0 Å². The molecule has 84 valence electrons. The molecule has 0 fully saturated rings. The van der Waals surface area contributed by atoms with E-state index >= 15 is 0 Å². The summed E-state index contributed by atoms with van der Waals surface area (Å²) in [4.78, 5) is 12.5. The summed E-state index contributed by atoms with van der Waals surface area (Å²) in [6.07, 6.45) is 1.06. The molecule has 0 aliphatic heterocycles. The molecule has 0 amide bonds. The third-order valence-electron chi connectivity index (χ3n) is 2.37. The standard InChI is InChI=1S/C10H22N2O2/c1-7(2)5-8(3)12(4)6-9(11)10(13)14/h7-9H,5-6,11H2,1-4H3,(H,13,14). The molecular weight excluding hydrogens is 180 g/mol. The van der Waals surface area contributed by atoms with Crippen LogP contribution in [-0.4, -0.2) is 41.7 Å². The number of likely N-dealkylation sites (N-methyl/N-ethyl adjacent to an activating group) is 1. The number of carboxylic acids is 1. The predicted octanol–water partition coefficient (Wildman–Crippen LogP) is 0.765. The van der Waals surface area contributed by atoms with E-state index in [4.69, 9.17) is 10.8 Å². The molecule has 0 radical (unpaired) electrons. The Morgan fingerprint density at radius 3 is 2.29 bits per heavy atom. The van der Waals surface area contributed by atoms with Crippen molar-refractivity contribution >= 4 is 5.97 Å². The zero-order valence-corrected chi connectivity index (χ0v) is 9.53. The lowest BCUT2D eigenvalue weighted by Crippen LogP contribution is -2.44. The third kappa shape index (κ3) is 5.19. The fourth-order valence-electron chi connectivity index (χ4n) is 1.43. The Balaban J connectivity index is 3.94. The molecule has 2 atom stereocenters. The Bertz CT molecular complexity index is 183. The van der Waals surface area contributed by atoms with E-state index in [1.165, 1.54) is 0 Å². The summed E-state index contributed by atoms with van der Waals surface area (Å²) >= 11 is 0. The highest BCUT2D eigenvalue weighted by molar-refractivity contribution is 5.73. The molecule has 0 heterocycles. The maximum Gasteiger partial charge on any atom is 0.321 e. The van der Waals surface area contributed by atoms with Crippen molar-refractivity contribution < 1.29 is 9.90 Å². The van der Waals surface area contributed by atoms with Gasteiger partial charge in [0.25, 0.3) is 0 Å². The van der Waals surface area contributed by atoms with Crippen molar-refractivity contribution in [3.8, 4) is 0 Å². The van der Waals surface area contributed by atoms with Crippen molar-refractivity contribution in [2.75, 3.05) is 13.6 Å². The number of aliphatic carboxylic acids is 1. The Morgan fingerprint density at radius 1 is 1.43 bits per heavy atom. The molecule has 0 rings (SSSR count). The minimum absolute atomic E-state index is 0.375. The molecule has 14 heavy (non-hydrogen) atoms. The first-order valence-electron chi connectivity index (χ1n) is 5.03. The molecule has 0 aliphatic carbocycles. The van der Waals surface area contributed by atoms with Crippen LogP contribution < -0.4 is 5.73 Å². The molecule has 0 saturated carbocycles. The lowest BCUT2D eigenvalue weighted by molar-refractivity contribution is -0.139. The van der Waals surface area contributed by atoms with Gasteiger partial charge in [-0.3, -0.25) is 4.79 Å². The van der Waals surface area contributed by atoms with Gasteiger partial charge in [0.05, 0.1) is 0 Å². The predicted molar refractivity (Wildman–Crippen MR) is 57.2 cm³/mol. The molecule has 0 aliphatic rings. The molecule has 0 aromatic heterocycles. The zero-order valence-electron chi connectivity index (χ0n) is 9.53. The van der Waals surface area contributed by atoms with Gasteiger partial charge in [-0.15, -0.1) is 0 Å². The number of nitrogens with two attached hydrogens (primary N) is 1. The van der Waals surface area contributed by atoms with Gasteiger partial charge in [0.2, 0.25) is 0 Å². The van der Waals surface area contributed by atoms with Crippen LogP contribution in [0.4, 0.5) is 0 Å². The number of nitrogens with zero attached hydrogens (tertiary/aromatic N) is 1. The van der Waals surface area contributed by atoms with Crippen molar-refractivity contribution in [3.05, 3.63) is 0 Å². The molecule has 4 heteroatoms. The molecule has 0 aromatic rings. The van der Waals surface area contributed by atoms with E-state index in [1.807, 2.05) is 11.9 Å². The molecule has 4 nitrogen and oxygen atoms in total. The third-order valence-corrected chi connectivity index (χ3v) is 2.37. The normalized spacial score (nSPS) is 15.9. The molecule has 2 unspecified atom stereocenters. The van der Waals surface area contributed by atoms with Crippen LogP contribution in [0.25, 0.3) is 0 Å². The Hall–Kier alpha value is -0.610. The Labute approximate surface area is 86.1 Å². The van der Waals surface area contributed by atoms with Gasteiger partial charge in [-0.2, -0.15) is 0 Å². The summed E-state index contributed by atoms with van der Waals surface area (Å²) in [6.45, 7) is 6.81. The quantitative estimate of drug-likeness (QED) is 0.667. The van der Waals surface area contributed by atoms with Gasteiger partial charge < -0.3 is 15.7 Å². The summed E-state index contributed by atoms with van der Waals surface area (Å²) in [5.41, 5.74) is 5.44. The first-order valence-corrected chi connectivity index (χ1v) is 5.03. The van der Waals surface area contributed by atoms with E-state index in [1.54, 1.807) is 0 Å². The summed E-state index contributed by atoms with van der Waals surface area (Å²) in [5.74, 6) is -0.318. The highest BCUT2D eigenvalue weighted by Crippen LogP contribution is 2.09. The summed E-state index contributed by atoms with van der Waals surface area (Å²) in [7, 11) is 1.91. The average molecular weight is 202 g/mol. The maximum absolute atomic E-state index is 10.5. The molecule has 0 aromatic carbocycles. The van der Waals surface area contributed by atoms with Crippen LogP contribution in [0.5, 0.6) is 0 Å². The summed E-state index contributed by atoms with van der Waals surface area (Å²) in [5, 5.41) is 8.64. The molecule has 0 spiro atoms. The van der Waals surface area contributed by atoms with Crippen LogP contribution in [0, 0.1) is 5.92 Å². The molecular formula is C10H22N2O2. The summed E-state index contributed by atoms with van der Waals surface area (Å²) in [6, 6.07) is -0.407. The van der Waals surface area contributed by atoms with Gasteiger partial charge in [0.1, 0.15) is 6.04 Å². The van der Waals surface area contributed by atoms with Crippen molar-refractivity contribution in [1.29, 1.82) is 0 Å². The number of carbonyl (C=O) groups is 1. The Morgan fingerprint density at radius 2 is 1.93 bits per heavy atom. The number of rotatable bonds is 6. The van der Waals surface area contributed by atoms with E-state index in [0.29, 0.717) is 18.5 Å². The van der Waals surface area contributed by atoms with Crippen LogP contribution >= 0.6 is 0 Å². The van der Waals surface area contributed by atoms with Crippen LogP contribution in [0.1, 0.15) is 27.2 Å². The second kappa shape index (κ2) is 5.98. The monoisotopic (exact) mass is 202 g/mol. The van der Waals surface area contributed by atoms with Crippen molar-refractivity contribution in [1.82, 2.24) is 4.90 Å². The average Bonchev–Trinajstić information content (AvgIpc) is 2.02. The molecule has 3 N–H and O–H groups in total. The largest absolute Gasteiger partial charge is 0.480 e. The van der Waals surface area contributed by atoms with Gasteiger partial charge in [-0.1, -0.05) is 13.8 Å². The number of hydrogen-bond donors (Lipinski definition) is 2. The van der Waals surface area contributed by atoms with Gasteiger partial charge in [0, 0.05) is 12.6 Å². The summed E-state index contributed by atoms with van der Waals surface area (Å²) < 4.78 is 0. The fraction of sp³-hybridized carbons (Fsp3) is 0.900. The molecule has 0 bridgehead atoms. The van der Waals surface area contributed by atoms with Gasteiger partial charge in [0.15, 0.2) is 0 Å². The van der Waals surface area contributed by atoms with Crippen LogP contribution in [-0.2, 0) is 4.79 Å². The number of hydrogen-bond acceptors (Lipinski definition) is 3. The topological polar surface area (TPSA) is 66.6 Å². The highest BCUT2D eigenvalue weighted by atomic mass is 16.4. The lowest BCUT2D eigenvalue weighted by atomic mass is 10.0. The minimum atomic E-state index is -0.936. The fourth-order valence-corrected chi connectivity index (χ4v) is 1.43. The van der Waals surface area contributed by atoms with Gasteiger partial charge >= 0.3 is 5.97 Å². The minimum Gasteiger partial charge on any atom is -0.480 e. The number of carboxylic acid groups (broad SMARTS) is 1. The van der Waals surface area contributed by atoms with Crippen molar-refractivity contribution in [2.45, 2.75) is 39.3 Å². The smallest absolute Gasteiger partial charge is 0.321 e. The highest BCUT2D eigenvalue weighted by Gasteiger charge is 2.18. The van der Waals surface area contributed by atoms with Crippen molar-refractivity contribution in [3.63, 3.8) is 0 Å². The second-order valence-electron chi connectivity index (χ2n) is 4.36. The lowest BCUT2D eigenvalue weighted by Gasteiger charge is -2.27. The first kappa shape index (κ1) is 13.4. The van der Waals surface area contributed by atoms with E-state index in [0.717, 1.165) is 6.42 Å². The van der Waals surface area contributed by atoms with E-state index in [9.17, 15) is 4.79 Å². The van der Waals surface area contributed by atoms with Crippen LogP contribution in [0.2, 0.25) is 0 Å².